The highest BCUT2D eigenvalue weighted by molar-refractivity contribution is 6.34. The SMILES string of the molecule is COC(=O)c1nn(C)cc1OB(O)O. The fraction of sp³-hybridized carbons (Fsp3) is 0.333. The Morgan fingerprint density at radius 2 is 2.29 bits per heavy atom. The molecule has 0 bridgehead atoms. The van der Waals surface area contributed by atoms with Crippen molar-refractivity contribution in [3.8, 4) is 5.75 Å². The molecule has 0 amide bonds. The number of nitrogens with zero attached hydrogens (tertiary/aromatic N) is 2. The molecule has 0 aromatic carbocycles. The van der Waals surface area contributed by atoms with Gasteiger partial charge in [-0.3, -0.25) is 4.68 Å². The molecule has 7 nitrogen and oxygen atoms in total. The van der Waals surface area contributed by atoms with E-state index in [1.165, 1.54) is 18.0 Å². The second kappa shape index (κ2) is 4.12. The molecule has 1 aromatic heterocycles. The van der Waals surface area contributed by atoms with E-state index >= 15 is 0 Å². The molecule has 0 radical (unpaired) electrons. The van der Waals surface area contributed by atoms with Crippen LogP contribution in [0.3, 0.4) is 0 Å². The van der Waals surface area contributed by atoms with E-state index in [-0.39, 0.29) is 11.4 Å². The number of carbonyl (C=O) groups excluding carboxylic acids is 1. The van der Waals surface area contributed by atoms with E-state index in [2.05, 4.69) is 14.5 Å². The molecule has 0 saturated heterocycles. The third-order valence-corrected chi connectivity index (χ3v) is 1.41. The minimum atomic E-state index is -2.00. The van der Waals surface area contributed by atoms with Crippen molar-refractivity contribution in [1.82, 2.24) is 9.78 Å². The Hall–Kier alpha value is -1.54. The zero-order valence-corrected chi connectivity index (χ0v) is 7.67. The van der Waals surface area contributed by atoms with Gasteiger partial charge in [-0.15, -0.1) is 0 Å². The minimum Gasteiger partial charge on any atom is -0.509 e. The molecule has 0 fully saturated rings. The van der Waals surface area contributed by atoms with Crippen LogP contribution in [0.4, 0.5) is 0 Å². The van der Waals surface area contributed by atoms with Crippen LogP contribution in [0.15, 0.2) is 6.20 Å². The van der Waals surface area contributed by atoms with Gasteiger partial charge < -0.3 is 19.4 Å². The summed E-state index contributed by atoms with van der Waals surface area (Å²) < 4.78 is 10.2. The van der Waals surface area contributed by atoms with Gasteiger partial charge in [-0.25, -0.2) is 4.79 Å². The Morgan fingerprint density at radius 3 is 2.79 bits per heavy atom. The molecule has 0 aliphatic rings. The van der Waals surface area contributed by atoms with Crippen LogP contribution in [0, 0.1) is 0 Å². The zero-order valence-electron chi connectivity index (χ0n) is 7.67. The summed E-state index contributed by atoms with van der Waals surface area (Å²) >= 11 is 0. The summed E-state index contributed by atoms with van der Waals surface area (Å²) in [4.78, 5) is 11.1. The number of rotatable bonds is 3. The van der Waals surface area contributed by atoms with E-state index < -0.39 is 13.3 Å². The van der Waals surface area contributed by atoms with Gasteiger partial charge in [-0.2, -0.15) is 5.10 Å². The highest BCUT2D eigenvalue weighted by Gasteiger charge is 2.22. The fourth-order valence-corrected chi connectivity index (χ4v) is 0.905. The molecule has 14 heavy (non-hydrogen) atoms. The van der Waals surface area contributed by atoms with Gasteiger partial charge in [0.2, 0.25) is 5.69 Å². The molecule has 0 saturated carbocycles. The maximum absolute atomic E-state index is 11.1. The van der Waals surface area contributed by atoms with Gasteiger partial charge in [0.15, 0.2) is 5.75 Å². The van der Waals surface area contributed by atoms with E-state index in [4.69, 9.17) is 10.0 Å². The monoisotopic (exact) mass is 200 g/mol. The van der Waals surface area contributed by atoms with Gasteiger partial charge in [-0.1, -0.05) is 0 Å². The maximum atomic E-state index is 11.1. The highest BCUT2D eigenvalue weighted by atomic mass is 16.6. The zero-order chi connectivity index (χ0) is 10.7. The molecular weight excluding hydrogens is 191 g/mol. The molecule has 2 N–H and O–H groups in total. The smallest absolute Gasteiger partial charge is 0.509 e. The first-order valence-electron chi connectivity index (χ1n) is 3.69. The third kappa shape index (κ3) is 2.24. The van der Waals surface area contributed by atoms with Crippen LogP contribution < -0.4 is 4.65 Å². The largest absolute Gasteiger partial charge is 0.707 e. The average Bonchev–Trinajstić information content (AvgIpc) is 2.44. The van der Waals surface area contributed by atoms with Gasteiger partial charge in [0, 0.05) is 7.05 Å². The quantitative estimate of drug-likeness (QED) is 0.458. The standard InChI is InChI=1S/C6H9BN2O5/c1-9-3-4(14-7(11)12)5(8-9)6(10)13-2/h3,11-12H,1-2H3. The summed E-state index contributed by atoms with van der Waals surface area (Å²) in [7, 11) is 0.752. The second-order valence-corrected chi connectivity index (χ2v) is 2.45. The van der Waals surface area contributed by atoms with Crippen LogP contribution in [0.25, 0.3) is 0 Å². The van der Waals surface area contributed by atoms with Gasteiger partial charge in [0.25, 0.3) is 0 Å². The lowest BCUT2D eigenvalue weighted by Gasteiger charge is -2.02. The highest BCUT2D eigenvalue weighted by Crippen LogP contribution is 2.17. The van der Waals surface area contributed by atoms with Gasteiger partial charge >= 0.3 is 13.3 Å². The van der Waals surface area contributed by atoms with Crippen LogP contribution in [0.5, 0.6) is 5.75 Å². The van der Waals surface area contributed by atoms with E-state index in [9.17, 15) is 4.79 Å². The fourth-order valence-electron chi connectivity index (χ4n) is 0.905. The van der Waals surface area contributed by atoms with Gasteiger partial charge in [-0.05, 0) is 0 Å². The molecule has 1 aromatic rings. The Morgan fingerprint density at radius 1 is 1.64 bits per heavy atom. The number of hydrogen-bond acceptors (Lipinski definition) is 6. The Labute approximate surface area is 80.0 Å². The molecule has 0 aliphatic carbocycles. The van der Waals surface area contributed by atoms with Crippen molar-refractivity contribution in [3.63, 3.8) is 0 Å². The molecule has 0 aliphatic heterocycles. The van der Waals surface area contributed by atoms with Gasteiger partial charge in [0.1, 0.15) is 0 Å². The summed E-state index contributed by atoms with van der Waals surface area (Å²) in [5.41, 5.74) is -0.108. The lowest BCUT2D eigenvalue weighted by Crippen LogP contribution is -2.21. The van der Waals surface area contributed by atoms with Crippen LogP contribution in [-0.4, -0.2) is 40.2 Å². The second-order valence-electron chi connectivity index (χ2n) is 2.45. The van der Waals surface area contributed by atoms with Crippen LogP contribution in [0.2, 0.25) is 0 Å². The summed E-state index contributed by atoms with van der Waals surface area (Å²) in [6.07, 6.45) is 1.33. The van der Waals surface area contributed by atoms with Crippen molar-refractivity contribution in [2.24, 2.45) is 7.05 Å². The van der Waals surface area contributed by atoms with Crippen molar-refractivity contribution in [1.29, 1.82) is 0 Å². The number of esters is 1. The van der Waals surface area contributed by atoms with E-state index in [1.807, 2.05) is 0 Å². The number of aryl methyl sites for hydroxylation is 1. The Kier molecular flexibility index (Phi) is 3.10. The van der Waals surface area contributed by atoms with Crippen LogP contribution >= 0.6 is 0 Å². The van der Waals surface area contributed by atoms with Crippen molar-refractivity contribution in [3.05, 3.63) is 11.9 Å². The number of carbonyl (C=O) groups is 1. The predicted octanol–water partition coefficient (Wildman–Crippen LogP) is -1.45. The van der Waals surface area contributed by atoms with Crippen molar-refractivity contribution in [2.75, 3.05) is 7.11 Å². The molecule has 76 valence electrons. The van der Waals surface area contributed by atoms with Crippen molar-refractivity contribution < 1.29 is 24.2 Å². The molecule has 1 heterocycles. The van der Waals surface area contributed by atoms with E-state index in [1.54, 1.807) is 7.05 Å². The molecule has 0 unspecified atom stereocenters. The predicted molar refractivity (Wildman–Crippen MR) is 45.4 cm³/mol. The number of methoxy groups -OCH3 is 1. The average molecular weight is 200 g/mol. The third-order valence-electron chi connectivity index (χ3n) is 1.41. The summed E-state index contributed by atoms with van der Waals surface area (Å²) in [5, 5.41) is 20.8. The minimum absolute atomic E-state index is 0.0469. The van der Waals surface area contributed by atoms with E-state index in [0.29, 0.717) is 0 Å². The van der Waals surface area contributed by atoms with Crippen molar-refractivity contribution >= 4 is 13.3 Å². The Balaban J connectivity index is 2.96. The number of hydrogen-bond donors (Lipinski definition) is 2. The molecule has 1 rings (SSSR count). The normalized spacial score (nSPS) is 9.71. The molecular formula is C6H9BN2O5. The summed E-state index contributed by atoms with van der Waals surface area (Å²) in [6.45, 7) is 0. The molecule has 0 spiro atoms. The number of ether oxygens (including phenoxy) is 1. The summed E-state index contributed by atoms with van der Waals surface area (Å²) in [5.74, 6) is -0.754. The topological polar surface area (TPSA) is 93.8 Å². The first-order valence-corrected chi connectivity index (χ1v) is 3.69. The molecule has 8 heteroatoms. The Bertz CT molecular complexity index is 337. The van der Waals surface area contributed by atoms with Crippen LogP contribution in [0.1, 0.15) is 10.5 Å². The first kappa shape index (κ1) is 10.5. The number of aromatic nitrogens is 2. The maximum Gasteiger partial charge on any atom is 0.707 e. The van der Waals surface area contributed by atoms with Crippen LogP contribution in [-0.2, 0) is 11.8 Å². The molecule has 0 atom stereocenters. The first-order chi connectivity index (χ1) is 6.54. The lowest BCUT2D eigenvalue weighted by molar-refractivity contribution is 0.0590. The van der Waals surface area contributed by atoms with Crippen molar-refractivity contribution in [2.45, 2.75) is 0 Å². The summed E-state index contributed by atoms with van der Waals surface area (Å²) in [6, 6.07) is 0. The van der Waals surface area contributed by atoms with E-state index in [0.717, 1.165) is 0 Å². The lowest BCUT2D eigenvalue weighted by atomic mass is 10.2. The van der Waals surface area contributed by atoms with Gasteiger partial charge in [0.05, 0.1) is 13.3 Å².